The highest BCUT2D eigenvalue weighted by molar-refractivity contribution is 6.04. The molecule has 0 aliphatic rings. The van der Waals surface area contributed by atoms with Gasteiger partial charge in [-0.2, -0.15) is 8.78 Å². The summed E-state index contributed by atoms with van der Waals surface area (Å²) in [6, 6.07) is 12.8. The quantitative estimate of drug-likeness (QED) is 0.555. The molecule has 1 N–H and O–H groups in total. The maximum atomic E-state index is 12.4. The lowest BCUT2D eigenvalue weighted by Gasteiger charge is -2.08. The first-order valence-corrected chi connectivity index (χ1v) is 8.60. The molecule has 7 nitrogen and oxygen atoms in total. The van der Waals surface area contributed by atoms with Crippen molar-refractivity contribution < 1.29 is 18.3 Å². The smallest absolute Gasteiger partial charge is 0.387 e. The number of nitrogens with one attached hydrogen (secondary N) is 1. The number of rotatable bonds is 5. The number of carbonyl (C=O) groups is 1. The minimum absolute atomic E-state index is 0.0234. The van der Waals surface area contributed by atoms with Gasteiger partial charge in [0, 0.05) is 23.6 Å². The molecule has 146 valence electrons. The van der Waals surface area contributed by atoms with Crippen LogP contribution in [-0.2, 0) is 7.05 Å². The summed E-state index contributed by atoms with van der Waals surface area (Å²) in [5.41, 5.74) is 2.86. The van der Waals surface area contributed by atoms with Crippen molar-refractivity contribution >= 4 is 22.6 Å². The number of amides is 1. The van der Waals surface area contributed by atoms with Crippen LogP contribution in [0.5, 0.6) is 5.75 Å². The summed E-state index contributed by atoms with van der Waals surface area (Å²) in [7, 11) is 1.90. The van der Waals surface area contributed by atoms with Gasteiger partial charge in [0.25, 0.3) is 5.91 Å². The van der Waals surface area contributed by atoms with E-state index in [0.29, 0.717) is 5.52 Å². The first kappa shape index (κ1) is 18.5. The van der Waals surface area contributed by atoms with Crippen molar-refractivity contribution in [3.05, 3.63) is 66.6 Å². The Morgan fingerprint density at radius 3 is 2.59 bits per heavy atom. The van der Waals surface area contributed by atoms with E-state index in [0.717, 1.165) is 16.6 Å². The highest BCUT2D eigenvalue weighted by atomic mass is 19.3. The number of aromatic nitrogens is 4. The lowest BCUT2D eigenvalue weighted by molar-refractivity contribution is -0.0498. The van der Waals surface area contributed by atoms with Gasteiger partial charge >= 0.3 is 6.61 Å². The molecule has 9 heteroatoms. The van der Waals surface area contributed by atoms with Gasteiger partial charge in [-0.05, 0) is 42.5 Å². The molecule has 0 saturated carbocycles. The Hall–Kier alpha value is -3.88. The zero-order valence-corrected chi connectivity index (χ0v) is 15.2. The van der Waals surface area contributed by atoms with Gasteiger partial charge in [-0.3, -0.25) is 4.79 Å². The molecular formula is C20H15F2N5O2. The number of fused-ring (bicyclic) bond motifs is 1. The van der Waals surface area contributed by atoms with Gasteiger partial charge in [0.1, 0.15) is 5.75 Å². The van der Waals surface area contributed by atoms with E-state index in [1.54, 1.807) is 18.6 Å². The highest BCUT2D eigenvalue weighted by Gasteiger charge is 2.11. The molecule has 0 bridgehead atoms. The normalized spacial score (nSPS) is 11.0. The predicted octanol–water partition coefficient (Wildman–Crippen LogP) is 3.88. The standard InChI is InChI=1S/C20H15F2N5O2/c1-27-11-23-10-17(27)13-4-7-16-14(8-13)9-18(26-25-16)24-19(28)12-2-5-15(6-3-12)29-20(21)22/h2-11,20H,1H3,(H,24,26,28). The number of nitrogens with zero attached hydrogens (tertiary/aromatic N) is 4. The number of imidazole rings is 1. The monoisotopic (exact) mass is 395 g/mol. The molecule has 29 heavy (non-hydrogen) atoms. The van der Waals surface area contributed by atoms with Crippen LogP contribution in [0.1, 0.15) is 10.4 Å². The summed E-state index contributed by atoms with van der Waals surface area (Å²) < 4.78 is 30.6. The maximum Gasteiger partial charge on any atom is 0.387 e. The largest absolute Gasteiger partial charge is 0.435 e. The van der Waals surface area contributed by atoms with Crippen LogP contribution < -0.4 is 10.1 Å². The average Bonchev–Trinajstić information content (AvgIpc) is 3.13. The third-order valence-electron chi connectivity index (χ3n) is 4.28. The van der Waals surface area contributed by atoms with Crippen LogP contribution in [-0.4, -0.2) is 32.3 Å². The summed E-state index contributed by atoms with van der Waals surface area (Å²) in [6.45, 7) is -2.92. The van der Waals surface area contributed by atoms with Crippen molar-refractivity contribution in [2.24, 2.45) is 7.05 Å². The topological polar surface area (TPSA) is 81.9 Å². The van der Waals surface area contributed by atoms with E-state index >= 15 is 0 Å². The minimum Gasteiger partial charge on any atom is -0.435 e. The minimum atomic E-state index is -2.92. The molecule has 4 rings (SSSR count). The van der Waals surface area contributed by atoms with E-state index in [9.17, 15) is 13.6 Å². The molecule has 0 saturated heterocycles. The summed E-state index contributed by atoms with van der Waals surface area (Å²) in [4.78, 5) is 16.5. The van der Waals surface area contributed by atoms with E-state index in [1.807, 2.05) is 29.8 Å². The van der Waals surface area contributed by atoms with Crippen LogP contribution >= 0.6 is 0 Å². The lowest BCUT2D eigenvalue weighted by Crippen LogP contribution is -2.13. The average molecular weight is 395 g/mol. The van der Waals surface area contributed by atoms with Crippen LogP contribution in [0.3, 0.4) is 0 Å². The Morgan fingerprint density at radius 1 is 1.10 bits per heavy atom. The van der Waals surface area contributed by atoms with Gasteiger partial charge in [-0.1, -0.05) is 6.07 Å². The third kappa shape index (κ3) is 4.03. The molecule has 0 aliphatic heterocycles. The van der Waals surface area contributed by atoms with Crippen LogP contribution in [0.25, 0.3) is 22.2 Å². The van der Waals surface area contributed by atoms with Gasteiger partial charge < -0.3 is 14.6 Å². The molecule has 1 amide bonds. The maximum absolute atomic E-state index is 12.4. The second kappa shape index (κ2) is 7.63. The van der Waals surface area contributed by atoms with Gasteiger partial charge in [0.15, 0.2) is 5.82 Å². The molecule has 0 aliphatic carbocycles. The number of hydrogen-bond acceptors (Lipinski definition) is 5. The Bertz CT molecular complexity index is 1180. The van der Waals surface area contributed by atoms with Crippen molar-refractivity contribution in [3.8, 4) is 17.0 Å². The fourth-order valence-electron chi connectivity index (χ4n) is 2.88. The summed E-state index contributed by atoms with van der Waals surface area (Å²) in [5.74, 6) is -0.188. The number of anilines is 1. The molecule has 0 fully saturated rings. The van der Waals surface area contributed by atoms with E-state index in [1.165, 1.54) is 24.3 Å². The fraction of sp³-hybridized carbons (Fsp3) is 0.100. The molecule has 2 aromatic heterocycles. The number of ether oxygens (including phenoxy) is 1. The molecule has 4 aromatic rings. The number of alkyl halides is 2. The Morgan fingerprint density at radius 2 is 1.90 bits per heavy atom. The number of benzene rings is 2. The van der Waals surface area contributed by atoms with E-state index in [2.05, 4.69) is 25.2 Å². The number of halogens is 2. The molecule has 2 aromatic carbocycles. The van der Waals surface area contributed by atoms with Crippen molar-refractivity contribution in [2.75, 3.05) is 5.32 Å². The summed E-state index contributed by atoms with van der Waals surface area (Å²) in [6.07, 6.45) is 3.48. The Kier molecular flexibility index (Phi) is 4.86. The van der Waals surface area contributed by atoms with Crippen LogP contribution in [0, 0.1) is 0 Å². The second-order valence-electron chi connectivity index (χ2n) is 6.25. The van der Waals surface area contributed by atoms with Gasteiger partial charge in [-0.25, -0.2) is 4.98 Å². The predicted molar refractivity (Wildman–Crippen MR) is 103 cm³/mol. The Balaban J connectivity index is 1.56. The molecule has 0 unspecified atom stereocenters. The van der Waals surface area contributed by atoms with Crippen LogP contribution in [0.15, 0.2) is 61.1 Å². The van der Waals surface area contributed by atoms with E-state index < -0.39 is 12.5 Å². The first-order chi connectivity index (χ1) is 14.0. The van der Waals surface area contributed by atoms with Crippen molar-refractivity contribution in [1.82, 2.24) is 19.7 Å². The zero-order valence-electron chi connectivity index (χ0n) is 15.2. The Labute approximate surface area is 164 Å². The molecular weight excluding hydrogens is 380 g/mol. The number of aryl methyl sites for hydroxylation is 1. The van der Waals surface area contributed by atoms with Gasteiger partial charge in [0.05, 0.1) is 23.7 Å². The zero-order chi connectivity index (χ0) is 20.4. The highest BCUT2D eigenvalue weighted by Crippen LogP contribution is 2.24. The van der Waals surface area contributed by atoms with Crippen molar-refractivity contribution in [1.29, 1.82) is 0 Å². The molecule has 0 radical (unpaired) electrons. The SMILES string of the molecule is Cn1cncc1-c1ccc2nnc(NC(=O)c3ccc(OC(F)F)cc3)cc2c1. The fourth-order valence-corrected chi connectivity index (χ4v) is 2.88. The van der Waals surface area contributed by atoms with E-state index in [4.69, 9.17) is 0 Å². The first-order valence-electron chi connectivity index (χ1n) is 8.60. The van der Waals surface area contributed by atoms with Crippen LogP contribution in [0.4, 0.5) is 14.6 Å². The van der Waals surface area contributed by atoms with Gasteiger partial charge in [0.2, 0.25) is 0 Å². The van der Waals surface area contributed by atoms with E-state index in [-0.39, 0.29) is 17.1 Å². The molecule has 2 heterocycles. The lowest BCUT2D eigenvalue weighted by atomic mass is 10.1. The summed E-state index contributed by atoms with van der Waals surface area (Å²) >= 11 is 0. The van der Waals surface area contributed by atoms with Crippen LogP contribution in [0.2, 0.25) is 0 Å². The molecule has 0 atom stereocenters. The third-order valence-corrected chi connectivity index (χ3v) is 4.28. The number of carbonyl (C=O) groups excluding carboxylic acids is 1. The summed E-state index contributed by atoms with van der Waals surface area (Å²) in [5, 5.41) is 11.6. The van der Waals surface area contributed by atoms with Crippen molar-refractivity contribution in [2.45, 2.75) is 6.61 Å². The number of hydrogen-bond donors (Lipinski definition) is 1. The second-order valence-corrected chi connectivity index (χ2v) is 6.25. The molecule has 0 spiro atoms. The van der Waals surface area contributed by atoms with Gasteiger partial charge in [-0.15, -0.1) is 10.2 Å². The van der Waals surface area contributed by atoms with Crippen molar-refractivity contribution in [3.63, 3.8) is 0 Å².